The zero-order valence-corrected chi connectivity index (χ0v) is 9.86. The fraction of sp³-hybridized carbons (Fsp3) is 0.333. The predicted octanol–water partition coefficient (Wildman–Crippen LogP) is 2.20. The minimum absolute atomic E-state index is 0.713. The van der Waals surface area contributed by atoms with E-state index < -0.39 is 0 Å². The highest BCUT2D eigenvalue weighted by Crippen LogP contribution is 2.36. The average molecular weight is 246 g/mol. The summed E-state index contributed by atoms with van der Waals surface area (Å²) in [4.78, 5) is 0. The molecule has 0 aliphatic carbocycles. The molecule has 15 heavy (non-hydrogen) atoms. The normalized spacial score (nSPS) is 13.5. The van der Waals surface area contributed by atoms with Crippen molar-refractivity contribution in [3.63, 3.8) is 0 Å². The molecule has 2 rings (SSSR count). The molecule has 0 fully saturated rings. The number of hydrogen-bond acceptors (Lipinski definition) is 5. The summed E-state index contributed by atoms with van der Waals surface area (Å²) in [6.07, 6.45) is 1.03. The summed E-state index contributed by atoms with van der Waals surface area (Å²) in [7, 11) is 1.85. The molecule has 1 aromatic carbocycles. The maximum atomic E-state index is 6.16. The zero-order valence-electron chi connectivity index (χ0n) is 8.29. The van der Waals surface area contributed by atoms with Crippen LogP contribution in [-0.2, 0) is 10.7 Å². The van der Waals surface area contributed by atoms with Crippen LogP contribution in [-0.4, -0.2) is 13.6 Å². The van der Waals surface area contributed by atoms with E-state index in [2.05, 4.69) is 9.60 Å². The molecule has 0 atom stereocenters. The van der Waals surface area contributed by atoms with Crippen molar-refractivity contribution in [2.24, 2.45) is 5.90 Å². The predicted molar refractivity (Wildman–Crippen MR) is 64.9 cm³/mol. The first kappa shape index (κ1) is 10.9. The van der Waals surface area contributed by atoms with Gasteiger partial charge in [-0.25, -0.2) is 10.2 Å². The molecule has 1 heterocycles. The van der Waals surface area contributed by atoms with Gasteiger partial charge in [0.1, 0.15) is 12.2 Å². The second-order valence-corrected chi connectivity index (χ2v) is 4.60. The van der Waals surface area contributed by atoms with Gasteiger partial charge in [-0.2, -0.15) is 0 Å². The van der Waals surface area contributed by atoms with Crippen LogP contribution in [0, 0.1) is 0 Å². The van der Waals surface area contributed by atoms with E-state index in [0.29, 0.717) is 5.02 Å². The van der Waals surface area contributed by atoms with Crippen LogP contribution in [0.2, 0.25) is 5.02 Å². The van der Waals surface area contributed by atoms with Crippen LogP contribution in [0.25, 0.3) is 0 Å². The maximum absolute atomic E-state index is 6.16. The van der Waals surface area contributed by atoms with Gasteiger partial charge in [0, 0.05) is 19.3 Å². The molecule has 0 saturated carbocycles. The summed E-state index contributed by atoms with van der Waals surface area (Å²) in [5.74, 6) is 4.99. The standard InChI is InChI=1S/C9H12ClN3OS/c1-13(15-14-11)9-5-8-6(2-3-12-8)4-7(9)10/h4-5,12H,2-3,11H2,1H3. The number of fused-ring (bicyclic) bond motifs is 1. The Morgan fingerprint density at radius 3 is 3.13 bits per heavy atom. The van der Waals surface area contributed by atoms with Crippen LogP contribution < -0.4 is 15.5 Å². The molecule has 0 saturated heterocycles. The van der Waals surface area contributed by atoms with E-state index in [0.717, 1.165) is 36.6 Å². The van der Waals surface area contributed by atoms with Gasteiger partial charge in [-0.3, -0.25) is 4.31 Å². The minimum atomic E-state index is 0.713. The number of halogens is 1. The van der Waals surface area contributed by atoms with Gasteiger partial charge in [0.25, 0.3) is 0 Å². The molecule has 1 aliphatic heterocycles. The van der Waals surface area contributed by atoms with E-state index in [1.807, 2.05) is 19.2 Å². The summed E-state index contributed by atoms with van der Waals surface area (Å²) in [5, 5.41) is 4.01. The third-order valence-corrected chi connectivity index (χ3v) is 3.19. The number of rotatable bonds is 3. The summed E-state index contributed by atoms with van der Waals surface area (Å²) in [6.45, 7) is 0.972. The van der Waals surface area contributed by atoms with E-state index in [-0.39, 0.29) is 0 Å². The Morgan fingerprint density at radius 2 is 2.40 bits per heavy atom. The van der Waals surface area contributed by atoms with Crippen LogP contribution in [0.3, 0.4) is 0 Å². The molecule has 3 N–H and O–H groups in total. The van der Waals surface area contributed by atoms with Crippen LogP contribution in [0.1, 0.15) is 5.56 Å². The Morgan fingerprint density at radius 1 is 1.60 bits per heavy atom. The highest BCUT2D eigenvalue weighted by atomic mass is 35.5. The second kappa shape index (κ2) is 4.49. The second-order valence-electron chi connectivity index (χ2n) is 3.31. The third kappa shape index (κ3) is 2.15. The topological polar surface area (TPSA) is 50.5 Å². The van der Waals surface area contributed by atoms with Gasteiger partial charge < -0.3 is 5.32 Å². The lowest BCUT2D eigenvalue weighted by Gasteiger charge is -2.17. The van der Waals surface area contributed by atoms with Gasteiger partial charge in [-0.15, -0.1) is 0 Å². The van der Waals surface area contributed by atoms with Crippen molar-refractivity contribution < 1.29 is 4.28 Å². The number of nitrogens with one attached hydrogen (secondary N) is 1. The van der Waals surface area contributed by atoms with Crippen molar-refractivity contribution in [3.05, 3.63) is 22.7 Å². The summed E-state index contributed by atoms with van der Waals surface area (Å²) in [6, 6.07) is 4.00. The van der Waals surface area contributed by atoms with Crippen LogP contribution >= 0.6 is 23.8 Å². The van der Waals surface area contributed by atoms with Crippen molar-refractivity contribution in [3.8, 4) is 0 Å². The summed E-state index contributed by atoms with van der Waals surface area (Å²) in [5.41, 5.74) is 3.29. The first-order valence-electron chi connectivity index (χ1n) is 4.56. The van der Waals surface area contributed by atoms with Gasteiger partial charge in [0.05, 0.1) is 10.7 Å². The van der Waals surface area contributed by atoms with Crippen LogP contribution in [0.4, 0.5) is 11.4 Å². The van der Waals surface area contributed by atoms with E-state index in [4.69, 9.17) is 17.5 Å². The molecule has 0 radical (unpaired) electrons. The van der Waals surface area contributed by atoms with Crippen molar-refractivity contribution in [2.45, 2.75) is 6.42 Å². The molecule has 0 unspecified atom stereocenters. The lowest BCUT2D eigenvalue weighted by Crippen LogP contribution is -2.10. The molecule has 6 heteroatoms. The lowest BCUT2D eigenvalue weighted by atomic mass is 10.1. The third-order valence-electron chi connectivity index (χ3n) is 2.38. The van der Waals surface area contributed by atoms with E-state index in [9.17, 15) is 0 Å². The number of nitrogens with zero attached hydrogens (tertiary/aromatic N) is 1. The SMILES string of the molecule is CN(SON)c1cc2c(cc1Cl)CCN2. The van der Waals surface area contributed by atoms with Gasteiger partial charge in [-0.1, -0.05) is 11.6 Å². The molecular formula is C9H12ClN3OS. The van der Waals surface area contributed by atoms with Gasteiger partial charge >= 0.3 is 0 Å². The zero-order chi connectivity index (χ0) is 10.8. The first-order valence-corrected chi connectivity index (χ1v) is 5.63. The van der Waals surface area contributed by atoms with Crippen molar-refractivity contribution in [1.82, 2.24) is 0 Å². The fourth-order valence-electron chi connectivity index (χ4n) is 1.65. The molecule has 0 bridgehead atoms. The van der Waals surface area contributed by atoms with Crippen LogP contribution in [0.15, 0.2) is 12.1 Å². The van der Waals surface area contributed by atoms with E-state index in [1.165, 1.54) is 5.56 Å². The van der Waals surface area contributed by atoms with Crippen molar-refractivity contribution in [2.75, 3.05) is 23.2 Å². The summed E-state index contributed by atoms with van der Waals surface area (Å²) >= 11 is 7.20. The van der Waals surface area contributed by atoms with Crippen LogP contribution in [0.5, 0.6) is 0 Å². The molecule has 0 aromatic heterocycles. The Balaban J connectivity index is 2.31. The largest absolute Gasteiger partial charge is 0.384 e. The van der Waals surface area contributed by atoms with Crippen molar-refractivity contribution in [1.29, 1.82) is 0 Å². The van der Waals surface area contributed by atoms with E-state index >= 15 is 0 Å². The lowest BCUT2D eigenvalue weighted by molar-refractivity contribution is 0.397. The number of anilines is 2. The molecule has 4 nitrogen and oxygen atoms in total. The Kier molecular flexibility index (Phi) is 3.25. The first-order chi connectivity index (χ1) is 7.22. The van der Waals surface area contributed by atoms with Crippen molar-refractivity contribution >= 4 is 35.2 Å². The Hall–Kier alpha value is -0.620. The molecule has 0 amide bonds. The maximum Gasteiger partial charge on any atom is 0.135 e. The summed E-state index contributed by atoms with van der Waals surface area (Å²) < 4.78 is 6.28. The number of benzene rings is 1. The highest BCUT2D eigenvalue weighted by molar-refractivity contribution is 7.96. The Labute approximate surface area is 98.0 Å². The Bertz CT molecular complexity index is 375. The van der Waals surface area contributed by atoms with Gasteiger partial charge in [-0.05, 0) is 24.1 Å². The number of hydrogen-bond donors (Lipinski definition) is 2. The molecule has 82 valence electrons. The fourth-order valence-corrected chi connectivity index (χ4v) is 2.38. The number of nitrogens with two attached hydrogens (primary N) is 1. The average Bonchev–Trinajstić information content (AvgIpc) is 2.63. The minimum Gasteiger partial charge on any atom is -0.384 e. The highest BCUT2D eigenvalue weighted by Gasteiger charge is 2.15. The molecule has 0 spiro atoms. The quantitative estimate of drug-likeness (QED) is 0.486. The smallest absolute Gasteiger partial charge is 0.135 e. The van der Waals surface area contributed by atoms with Gasteiger partial charge in [0.15, 0.2) is 0 Å². The van der Waals surface area contributed by atoms with Gasteiger partial charge in [0.2, 0.25) is 0 Å². The molecule has 1 aliphatic rings. The molecular weight excluding hydrogens is 234 g/mol. The van der Waals surface area contributed by atoms with E-state index in [1.54, 1.807) is 4.31 Å². The monoisotopic (exact) mass is 245 g/mol. The molecule has 1 aromatic rings.